The summed E-state index contributed by atoms with van der Waals surface area (Å²) in [6.07, 6.45) is 1.75. The van der Waals surface area contributed by atoms with Crippen molar-refractivity contribution < 1.29 is 0 Å². The molecule has 21 heavy (non-hydrogen) atoms. The third kappa shape index (κ3) is 2.45. The van der Waals surface area contributed by atoms with Crippen LogP contribution in [-0.4, -0.2) is 19.7 Å². The maximum atomic E-state index is 12.3. The topological polar surface area (TPSA) is 63.6 Å². The third-order valence-electron chi connectivity index (χ3n) is 3.35. The smallest absolute Gasteiger partial charge is 0.277 e. The minimum Gasteiger partial charge on any atom is -0.305 e. The van der Waals surface area contributed by atoms with Crippen LogP contribution in [0, 0.1) is 0 Å². The van der Waals surface area contributed by atoms with Crippen molar-refractivity contribution >= 4 is 22.6 Å². The number of nitrogens with zero attached hydrogens (tertiary/aromatic N) is 3. The lowest BCUT2D eigenvalue weighted by Crippen LogP contribution is -2.12. The summed E-state index contributed by atoms with van der Waals surface area (Å²) < 4.78 is 1.59. The summed E-state index contributed by atoms with van der Waals surface area (Å²) >= 11 is 6.00. The van der Waals surface area contributed by atoms with Crippen LogP contribution in [0.15, 0.2) is 29.1 Å². The predicted molar refractivity (Wildman–Crippen MR) is 83.6 cm³/mol. The fraction of sp³-hybridized carbons (Fsp3) is 0.267. The van der Waals surface area contributed by atoms with E-state index in [0.717, 1.165) is 24.1 Å². The zero-order valence-electron chi connectivity index (χ0n) is 11.9. The first-order valence-corrected chi connectivity index (χ1v) is 7.19. The van der Waals surface area contributed by atoms with Crippen molar-refractivity contribution in [2.45, 2.75) is 19.8 Å². The minimum atomic E-state index is -0.188. The fourth-order valence-electron chi connectivity index (χ4n) is 2.42. The number of benzene rings is 1. The molecule has 0 bridgehead atoms. The molecule has 2 heterocycles. The van der Waals surface area contributed by atoms with Gasteiger partial charge in [-0.1, -0.05) is 37.1 Å². The summed E-state index contributed by atoms with van der Waals surface area (Å²) in [6, 6.07) is 7.26. The summed E-state index contributed by atoms with van der Waals surface area (Å²) in [5.41, 5.74) is 2.62. The quantitative estimate of drug-likeness (QED) is 0.809. The van der Waals surface area contributed by atoms with E-state index in [1.165, 1.54) is 0 Å². The molecule has 0 fully saturated rings. The highest BCUT2D eigenvalue weighted by atomic mass is 35.5. The molecule has 0 amide bonds. The number of aromatic nitrogens is 4. The number of nitrogens with one attached hydrogen (secondary N) is 1. The van der Waals surface area contributed by atoms with Gasteiger partial charge in [-0.3, -0.25) is 9.48 Å². The highest BCUT2D eigenvalue weighted by molar-refractivity contribution is 6.30. The third-order valence-corrected chi connectivity index (χ3v) is 3.58. The lowest BCUT2D eigenvalue weighted by atomic mass is 10.2. The Kier molecular flexibility index (Phi) is 3.51. The monoisotopic (exact) mass is 302 g/mol. The van der Waals surface area contributed by atoms with E-state index in [4.69, 9.17) is 11.6 Å². The van der Waals surface area contributed by atoms with Gasteiger partial charge in [0.2, 0.25) is 0 Å². The minimum absolute atomic E-state index is 0.188. The van der Waals surface area contributed by atoms with Crippen LogP contribution in [0.5, 0.6) is 0 Å². The molecule has 0 unspecified atom stereocenters. The lowest BCUT2D eigenvalue weighted by molar-refractivity contribution is 0.751. The van der Waals surface area contributed by atoms with Crippen molar-refractivity contribution in [1.82, 2.24) is 19.7 Å². The second kappa shape index (κ2) is 5.33. The molecule has 2 aromatic heterocycles. The van der Waals surface area contributed by atoms with E-state index in [2.05, 4.69) is 22.0 Å². The Bertz CT molecular complexity index is 866. The van der Waals surface area contributed by atoms with Crippen molar-refractivity contribution in [3.05, 3.63) is 45.3 Å². The molecule has 1 N–H and O–H groups in total. The summed E-state index contributed by atoms with van der Waals surface area (Å²) in [6.45, 7) is 2.07. The number of aryl methyl sites for hydroxylation is 2. The van der Waals surface area contributed by atoms with E-state index < -0.39 is 0 Å². The second-order valence-electron chi connectivity index (χ2n) is 4.94. The molecule has 0 spiro atoms. The van der Waals surface area contributed by atoms with Gasteiger partial charge in [-0.25, -0.2) is 4.98 Å². The Hall–Kier alpha value is -2.14. The van der Waals surface area contributed by atoms with Crippen LogP contribution in [0.1, 0.15) is 19.0 Å². The van der Waals surface area contributed by atoms with E-state index in [1.807, 2.05) is 12.1 Å². The van der Waals surface area contributed by atoms with Crippen LogP contribution in [0.25, 0.3) is 22.4 Å². The summed E-state index contributed by atoms with van der Waals surface area (Å²) in [4.78, 5) is 19.7. The number of halogens is 1. The Labute approximate surface area is 126 Å². The molecule has 3 aromatic rings. The van der Waals surface area contributed by atoms with Gasteiger partial charge in [-0.2, -0.15) is 5.10 Å². The van der Waals surface area contributed by atoms with Gasteiger partial charge in [0.15, 0.2) is 5.52 Å². The van der Waals surface area contributed by atoms with E-state index in [1.54, 1.807) is 23.9 Å². The van der Waals surface area contributed by atoms with Gasteiger partial charge in [0.05, 0.1) is 5.69 Å². The molecule has 0 radical (unpaired) electrons. The van der Waals surface area contributed by atoms with E-state index in [0.29, 0.717) is 21.9 Å². The SMILES string of the molecule is CCCc1nn(C)c2c(=O)[nH]c(-c3cccc(Cl)c3)nc12. The highest BCUT2D eigenvalue weighted by Crippen LogP contribution is 2.21. The van der Waals surface area contributed by atoms with Crippen molar-refractivity contribution in [2.24, 2.45) is 7.05 Å². The second-order valence-corrected chi connectivity index (χ2v) is 5.38. The van der Waals surface area contributed by atoms with Crippen molar-refractivity contribution in [1.29, 1.82) is 0 Å². The van der Waals surface area contributed by atoms with Crippen LogP contribution < -0.4 is 5.56 Å². The molecule has 0 aliphatic rings. The van der Waals surface area contributed by atoms with Gasteiger partial charge in [0.25, 0.3) is 5.56 Å². The zero-order valence-corrected chi connectivity index (χ0v) is 12.6. The molecule has 6 heteroatoms. The first kappa shape index (κ1) is 13.8. The van der Waals surface area contributed by atoms with Crippen LogP contribution in [0.2, 0.25) is 5.02 Å². The zero-order chi connectivity index (χ0) is 15.0. The van der Waals surface area contributed by atoms with Crippen LogP contribution in [-0.2, 0) is 13.5 Å². The number of aromatic amines is 1. The van der Waals surface area contributed by atoms with E-state index >= 15 is 0 Å². The normalized spacial score (nSPS) is 11.2. The summed E-state index contributed by atoms with van der Waals surface area (Å²) in [7, 11) is 1.76. The molecule has 108 valence electrons. The summed E-state index contributed by atoms with van der Waals surface area (Å²) in [5, 5.41) is 5.01. The van der Waals surface area contributed by atoms with Gasteiger partial charge >= 0.3 is 0 Å². The lowest BCUT2D eigenvalue weighted by Gasteiger charge is -2.02. The number of hydrogen-bond acceptors (Lipinski definition) is 3. The van der Waals surface area contributed by atoms with Gasteiger partial charge in [0.1, 0.15) is 11.3 Å². The van der Waals surface area contributed by atoms with Crippen molar-refractivity contribution in [3.63, 3.8) is 0 Å². The molecule has 0 atom stereocenters. The molecule has 0 aliphatic carbocycles. The Morgan fingerprint density at radius 1 is 1.38 bits per heavy atom. The van der Waals surface area contributed by atoms with Crippen LogP contribution in [0.4, 0.5) is 0 Å². The maximum Gasteiger partial charge on any atom is 0.277 e. The Balaban J connectivity index is 2.27. The Morgan fingerprint density at radius 2 is 2.19 bits per heavy atom. The van der Waals surface area contributed by atoms with Gasteiger partial charge in [-0.15, -0.1) is 0 Å². The molecule has 0 saturated heterocycles. The van der Waals surface area contributed by atoms with Gasteiger partial charge in [0, 0.05) is 17.6 Å². The standard InChI is InChI=1S/C15H15ClN4O/c1-3-5-11-12-13(20(2)19-11)15(21)18-14(17-12)9-6-4-7-10(16)8-9/h4,6-8H,3,5H2,1-2H3,(H,17,18,21). The molecule has 0 saturated carbocycles. The molecule has 5 nitrogen and oxygen atoms in total. The van der Waals surface area contributed by atoms with Gasteiger partial charge in [-0.05, 0) is 18.6 Å². The molecule has 0 aliphatic heterocycles. The molecule has 1 aromatic carbocycles. The average molecular weight is 303 g/mol. The predicted octanol–water partition coefficient (Wildman–Crippen LogP) is 2.93. The van der Waals surface area contributed by atoms with Crippen molar-refractivity contribution in [2.75, 3.05) is 0 Å². The molecular weight excluding hydrogens is 288 g/mol. The van der Waals surface area contributed by atoms with E-state index in [-0.39, 0.29) is 5.56 Å². The van der Waals surface area contributed by atoms with Crippen molar-refractivity contribution in [3.8, 4) is 11.4 Å². The highest BCUT2D eigenvalue weighted by Gasteiger charge is 2.15. The van der Waals surface area contributed by atoms with Crippen LogP contribution >= 0.6 is 11.6 Å². The Morgan fingerprint density at radius 3 is 2.90 bits per heavy atom. The molecule has 3 rings (SSSR count). The first-order chi connectivity index (χ1) is 10.1. The van der Waals surface area contributed by atoms with E-state index in [9.17, 15) is 4.79 Å². The summed E-state index contributed by atoms with van der Waals surface area (Å²) in [5.74, 6) is 0.514. The molecular formula is C15H15ClN4O. The number of rotatable bonds is 3. The fourth-order valence-corrected chi connectivity index (χ4v) is 2.61. The first-order valence-electron chi connectivity index (χ1n) is 6.82. The maximum absolute atomic E-state index is 12.3. The number of hydrogen-bond donors (Lipinski definition) is 1. The largest absolute Gasteiger partial charge is 0.305 e. The van der Waals surface area contributed by atoms with Crippen LogP contribution in [0.3, 0.4) is 0 Å². The average Bonchev–Trinajstić information content (AvgIpc) is 2.76. The number of fused-ring (bicyclic) bond motifs is 1. The number of H-pyrrole nitrogens is 1. The van der Waals surface area contributed by atoms with Gasteiger partial charge < -0.3 is 4.98 Å².